The van der Waals surface area contributed by atoms with Crippen molar-refractivity contribution in [2.24, 2.45) is 0 Å². The Morgan fingerprint density at radius 3 is 2.00 bits per heavy atom. The fraction of sp³-hybridized carbons (Fsp3) is 0.176. The van der Waals surface area contributed by atoms with Crippen LogP contribution < -0.4 is 10.6 Å². The Labute approximate surface area is 150 Å². The number of rotatable bonds is 6. The topological polar surface area (TPSA) is 61.4 Å². The van der Waals surface area contributed by atoms with Crippen molar-refractivity contribution in [3.63, 3.8) is 0 Å². The van der Waals surface area contributed by atoms with Gasteiger partial charge in [-0.05, 0) is 31.3 Å². The molecule has 0 bridgehead atoms. The zero-order valence-electron chi connectivity index (χ0n) is 13.1. The first-order valence-corrected chi connectivity index (χ1v) is 7.98. The highest BCUT2D eigenvalue weighted by molar-refractivity contribution is 6.39. The van der Waals surface area contributed by atoms with E-state index in [1.165, 1.54) is 0 Å². The molecule has 5 nitrogen and oxygen atoms in total. The molecular weight excluding hydrogens is 349 g/mol. The number of halogens is 2. The molecule has 0 aliphatic carbocycles. The first kappa shape index (κ1) is 18.3. The Balaban J connectivity index is 1.84. The van der Waals surface area contributed by atoms with Crippen molar-refractivity contribution in [3.05, 3.63) is 58.6 Å². The second-order valence-electron chi connectivity index (χ2n) is 5.23. The van der Waals surface area contributed by atoms with Gasteiger partial charge in [-0.25, -0.2) is 0 Å². The fourth-order valence-corrected chi connectivity index (χ4v) is 2.56. The molecular formula is C17H17Cl2N3O2. The summed E-state index contributed by atoms with van der Waals surface area (Å²) in [6.07, 6.45) is 0. The minimum absolute atomic E-state index is 0.0315. The maximum Gasteiger partial charge on any atom is 0.238 e. The Bertz CT molecular complexity index is 703. The molecule has 0 heterocycles. The van der Waals surface area contributed by atoms with Crippen molar-refractivity contribution < 1.29 is 9.59 Å². The quantitative estimate of drug-likeness (QED) is 0.823. The van der Waals surface area contributed by atoms with Gasteiger partial charge in [-0.1, -0.05) is 47.5 Å². The van der Waals surface area contributed by atoms with Crippen molar-refractivity contribution in [1.82, 2.24) is 4.90 Å². The van der Waals surface area contributed by atoms with Gasteiger partial charge in [-0.2, -0.15) is 0 Å². The molecule has 0 unspecified atom stereocenters. The molecule has 2 amide bonds. The van der Waals surface area contributed by atoms with Crippen molar-refractivity contribution in [1.29, 1.82) is 0 Å². The molecule has 0 radical (unpaired) electrons. The monoisotopic (exact) mass is 365 g/mol. The van der Waals surface area contributed by atoms with E-state index in [1.54, 1.807) is 42.3 Å². The van der Waals surface area contributed by atoms with E-state index in [0.717, 1.165) is 0 Å². The van der Waals surface area contributed by atoms with Crippen LogP contribution in [0, 0.1) is 0 Å². The number of anilines is 2. The molecule has 0 aliphatic rings. The molecule has 2 N–H and O–H groups in total. The zero-order chi connectivity index (χ0) is 17.5. The van der Waals surface area contributed by atoms with E-state index in [0.29, 0.717) is 21.4 Å². The Morgan fingerprint density at radius 2 is 1.42 bits per heavy atom. The van der Waals surface area contributed by atoms with Crippen LogP contribution in [-0.2, 0) is 9.59 Å². The summed E-state index contributed by atoms with van der Waals surface area (Å²) in [5, 5.41) is 6.14. The van der Waals surface area contributed by atoms with Gasteiger partial charge >= 0.3 is 0 Å². The molecule has 0 aromatic heterocycles. The highest BCUT2D eigenvalue weighted by Gasteiger charge is 2.13. The van der Waals surface area contributed by atoms with E-state index in [9.17, 15) is 9.59 Å². The Kier molecular flexibility index (Phi) is 6.61. The highest BCUT2D eigenvalue weighted by Crippen LogP contribution is 2.29. The maximum absolute atomic E-state index is 12.1. The summed E-state index contributed by atoms with van der Waals surface area (Å²) in [5.41, 5.74) is 1.08. The first-order chi connectivity index (χ1) is 11.5. The number of hydrogen-bond donors (Lipinski definition) is 2. The molecule has 0 fully saturated rings. The van der Waals surface area contributed by atoms with Crippen molar-refractivity contribution in [2.75, 3.05) is 30.8 Å². The number of hydrogen-bond acceptors (Lipinski definition) is 3. The average molecular weight is 366 g/mol. The second-order valence-corrected chi connectivity index (χ2v) is 6.05. The van der Waals surface area contributed by atoms with Gasteiger partial charge in [0.1, 0.15) is 0 Å². The third-order valence-corrected chi connectivity index (χ3v) is 3.74. The Hall–Kier alpha value is -2.08. The maximum atomic E-state index is 12.1. The average Bonchev–Trinajstić information content (AvgIpc) is 2.51. The summed E-state index contributed by atoms with van der Waals surface area (Å²) in [5.74, 6) is -0.507. The number of carbonyl (C=O) groups is 2. The molecule has 0 aliphatic heterocycles. The van der Waals surface area contributed by atoms with Crippen LogP contribution in [0.1, 0.15) is 0 Å². The molecule has 126 valence electrons. The predicted molar refractivity (Wildman–Crippen MR) is 97.7 cm³/mol. The lowest BCUT2D eigenvalue weighted by Gasteiger charge is -2.16. The molecule has 2 aromatic carbocycles. The molecule has 2 aromatic rings. The minimum atomic E-state index is -0.306. The minimum Gasteiger partial charge on any atom is -0.325 e. The standard InChI is InChI=1S/C17H17Cl2N3O2/c1-22(10-15(23)20-12-6-3-2-4-7-12)11-16(24)21-17-13(18)8-5-9-14(17)19/h2-9H,10-11H2,1H3,(H,20,23)(H,21,24). The third-order valence-electron chi connectivity index (χ3n) is 3.11. The molecule has 0 saturated carbocycles. The van der Waals surface area contributed by atoms with E-state index in [4.69, 9.17) is 23.2 Å². The van der Waals surface area contributed by atoms with Crippen molar-refractivity contribution >= 4 is 46.4 Å². The second kappa shape index (κ2) is 8.68. The van der Waals surface area contributed by atoms with Gasteiger partial charge in [0.15, 0.2) is 0 Å². The van der Waals surface area contributed by atoms with Crippen LogP contribution in [0.2, 0.25) is 10.0 Å². The van der Waals surface area contributed by atoms with Gasteiger partial charge in [0, 0.05) is 5.69 Å². The zero-order valence-corrected chi connectivity index (χ0v) is 14.6. The Morgan fingerprint density at radius 1 is 0.875 bits per heavy atom. The summed E-state index contributed by atoms with van der Waals surface area (Å²) < 4.78 is 0. The van der Waals surface area contributed by atoms with E-state index in [-0.39, 0.29) is 24.9 Å². The SMILES string of the molecule is CN(CC(=O)Nc1ccccc1)CC(=O)Nc1c(Cl)cccc1Cl. The van der Waals surface area contributed by atoms with Gasteiger partial charge in [0.25, 0.3) is 0 Å². The van der Waals surface area contributed by atoms with E-state index in [1.807, 2.05) is 18.2 Å². The lowest BCUT2D eigenvalue weighted by Crippen LogP contribution is -2.36. The normalized spacial score (nSPS) is 10.5. The lowest BCUT2D eigenvalue weighted by atomic mass is 10.3. The number of benzene rings is 2. The van der Waals surface area contributed by atoms with E-state index in [2.05, 4.69) is 10.6 Å². The number of amides is 2. The van der Waals surface area contributed by atoms with E-state index < -0.39 is 0 Å². The van der Waals surface area contributed by atoms with Gasteiger partial charge < -0.3 is 10.6 Å². The molecule has 0 atom stereocenters. The molecule has 2 rings (SSSR count). The number of para-hydroxylation sites is 2. The number of nitrogens with one attached hydrogen (secondary N) is 2. The highest BCUT2D eigenvalue weighted by atomic mass is 35.5. The molecule has 0 saturated heterocycles. The third kappa shape index (κ3) is 5.53. The lowest BCUT2D eigenvalue weighted by molar-refractivity contribution is -0.119. The number of likely N-dealkylation sites (N-methyl/N-ethyl adjacent to an activating group) is 1. The van der Waals surface area contributed by atoms with Crippen molar-refractivity contribution in [3.8, 4) is 0 Å². The summed E-state index contributed by atoms with van der Waals surface area (Å²) in [6.45, 7) is 0.113. The molecule has 0 spiro atoms. The van der Waals surface area contributed by atoms with Crippen molar-refractivity contribution in [2.45, 2.75) is 0 Å². The van der Waals surface area contributed by atoms with Gasteiger partial charge in [-0.15, -0.1) is 0 Å². The van der Waals surface area contributed by atoms with Crippen LogP contribution in [0.25, 0.3) is 0 Å². The fourth-order valence-electron chi connectivity index (χ4n) is 2.06. The predicted octanol–water partition coefficient (Wildman–Crippen LogP) is 3.50. The first-order valence-electron chi connectivity index (χ1n) is 7.23. The van der Waals surface area contributed by atoms with Crippen LogP contribution in [0.5, 0.6) is 0 Å². The molecule has 24 heavy (non-hydrogen) atoms. The summed E-state index contributed by atoms with van der Waals surface area (Å²) >= 11 is 12.0. The van der Waals surface area contributed by atoms with Crippen LogP contribution in [-0.4, -0.2) is 36.9 Å². The number of nitrogens with zero attached hydrogens (tertiary/aromatic N) is 1. The van der Waals surface area contributed by atoms with E-state index >= 15 is 0 Å². The van der Waals surface area contributed by atoms with Gasteiger partial charge in [0.05, 0.1) is 28.8 Å². The van der Waals surface area contributed by atoms with Gasteiger partial charge in [0.2, 0.25) is 11.8 Å². The summed E-state index contributed by atoms with van der Waals surface area (Å²) in [6, 6.07) is 14.1. The number of carbonyl (C=O) groups excluding carboxylic acids is 2. The smallest absolute Gasteiger partial charge is 0.238 e. The summed E-state index contributed by atoms with van der Waals surface area (Å²) in [7, 11) is 1.68. The summed E-state index contributed by atoms with van der Waals surface area (Å²) in [4.78, 5) is 25.6. The van der Waals surface area contributed by atoms with Crippen LogP contribution in [0.3, 0.4) is 0 Å². The van der Waals surface area contributed by atoms with Gasteiger partial charge in [-0.3, -0.25) is 14.5 Å². The van der Waals surface area contributed by atoms with Crippen LogP contribution in [0.4, 0.5) is 11.4 Å². The molecule has 7 heteroatoms. The van der Waals surface area contributed by atoms with Crippen LogP contribution in [0.15, 0.2) is 48.5 Å². The largest absolute Gasteiger partial charge is 0.325 e. The van der Waals surface area contributed by atoms with Crippen LogP contribution >= 0.6 is 23.2 Å².